The zero-order valence-corrected chi connectivity index (χ0v) is 15.6. The van der Waals surface area contributed by atoms with Gasteiger partial charge in [0.05, 0.1) is 11.2 Å². The molecule has 2 rings (SSSR count). The van der Waals surface area contributed by atoms with E-state index in [4.69, 9.17) is 14.6 Å². The van der Waals surface area contributed by atoms with E-state index in [1.165, 1.54) is 23.1 Å². The van der Waals surface area contributed by atoms with Crippen LogP contribution in [0.5, 0.6) is 0 Å². The zero-order valence-electron chi connectivity index (χ0n) is 14.0. The molecule has 0 N–H and O–H groups in total. The highest BCUT2D eigenvalue weighted by Gasteiger charge is 2.52. The summed E-state index contributed by atoms with van der Waals surface area (Å²) < 4.78 is 12.2. The molecular weight excluding hydrogens is 329 g/mol. The molecule has 0 atom stereocenters. The largest absolute Gasteiger partial charge is 0.491 e. The Morgan fingerprint density at radius 1 is 1.39 bits per heavy atom. The molecule has 7 heteroatoms. The predicted octanol–water partition coefficient (Wildman–Crippen LogP) is 3.91. The van der Waals surface area contributed by atoms with Gasteiger partial charge in [0, 0.05) is 12.7 Å². The molecule has 0 saturated carbocycles. The van der Waals surface area contributed by atoms with Gasteiger partial charge in [0.15, 0.2) is 5.12 Å². The Labute approximate surface area is 146 Å². The van der Waals surface area contributed by atoms with Crippen LogP contribution in [-0.2, 0) is 14.1 Å². The minimum Gasteiger partial charge on any atom is -0.400 e. The van der Waals surface area contributed by atoms with Crippen molar-refractivity contribution in [1.29, 1.82) is 5.26 Å². The second kappa shape index (κ2) is 6.82. The zero-order chi connectivity index (χ0) is 17.3. The van der Waals surface area contributed by atoms with E-state index in [9.17, 15) is 4.79 Å². The first-order valence-corrected chi connectivity index (χ1v) is 9.19. The van der Waals surface area contributed by atoms with Gasteiger partial charge in [-0.15, -0.1) is 11.3 Å². The van der Waals surface area contributed by atoms with Crippen molar-refractivity contribution in [3.8, 4) is 6.07 Å². The molecule has 1 aromatic heterocycles. The lowest BCUT2D eigenvalue weighted by Crippen LogP contribution is -2.41. The van der Waals surface area contributed by atoms with E-state index in [0.717, 1.165) is 11.0 Å². The van der Waals surface area contributed by atoms with Crippen LogP contribution in [-0.4, -0.2) is 29.2 Å². The highest BCUT2D eigenvalue weighted by atomic mass is 32.2. The molecule has 23 heavy (non-hydrogen) atoms. The summed E-state index contributed by atoms with van der Waals surface area (Å²) in [6.07, 6.45) is 1.95. The maximum absolute atomic E-state index is 11.3. The molecule has 122 valence electrons. The average Bonchev–Trinajstić information content (AvgIpc) is 2.97. The van der Waals surface area contributed by atoms with E-state index in [1.54, 1.807) is 6.92 Å². The fourth-order valence-electron chi connectivity index (χ4n) is 2.06. The van der Waals surface area contributed by atoms with E-state index in [-0.39, 0.29) is 5.12 Å². The third-order valence-electron chi connectivity index (χ3n) is 4.08. The van der Waals surface area contributed by atoms with Crippen molar-refractivity contribution in [2.24, 2.45) is 0 Å². The predicted molar refractivity (Wildman–Crippen MR) is 96.2 cm³/mol. The van der Waals surface area contributed by atoms with Gasteiger partial charge in [-0.25, -0.2) is 0 Å². The Bertz CT molecular complexity index is 657. The molecule has 1 fully saturated rings. The van der Waals surface area contributed by atoms with Gasteiger partial charge in [0.1, 0.15) is 10.9 Å². The Morgan fingerprint density at radius 3 is 2.48 bits per heavy atom. The van der Waals surface area contributed by atoms with E-state index in [2.05, 4.69) is 6.07 Å². The molecule has 1 aliphatic rings. The van der Waals surface area contributed by atoms with Gasteiger partial charge in [-0.1, -0.05) is 17.8 Å². The monoisotopic (exact) mass is 349 g/mol. The third kappa shape index (κ3) is 4.27. The molecule has 1 aromatic rings. The van der Waals surface area contributed by atoms with Crippen molar-refractivity contribution in [1.82, 2.24) is 0 Å². The van der Waals surface area contributed by atoms with Gasteiger partial charge in [0.25, 0.3) is 0 Å². The van der Waals surface area contributed by atoms with Gasteiger partial charge in [-0.2, -0.15) is 5.26 Å². The van der Waals surface area contributed by atoms with Crippen LogP contribution < -0.4 is 0 Å². The van der Waals surface area contributed by atoms with Crippen LogP contribution >= 0.6 is 23.1 Å². The molecule has 0 aliphatic carbocycles. The standard InChI is InChI=1S/C16H20BNO3S2/c1-11(19)22-10-13(6-12-7-14(8-18)23-9-12)17-20-15(2,3)16(4,5)21-17/h6-7,9H,10H2,1-5H3. The number of hydrogen-bond acceptors (Lipinski definition) is 6. The quantitative estimate of drug-likeness (QED) is 0.771. The first-order chi connectivity index (χ1) is 10.6. The maximum Gasteiger partial charge on any atom is 0.491 e. The Morgan fingerprint density at radius 2 is 2.00 bits per heavy atom. The van der Waals surface area contributed by atoms with E-state index < -0.39 is 18.3 Å². The number of nitriles is 1. The molecule has 0 spiro atoms. The Hall–Kier alpha value is -1.07. The molecule has 4 nitrogen and oxygen atoms in total. The van der Waals surface area contributed by atoms with Crippen LogP contribution in [0.2, 0.25) is 0 Å². The van der Waals surface area contributed by atoms with E-state index in [0.29, 0.717) is 10.6 Å². The molecule has 1 saturated heterocycles. The number of thioether (sulfide) groups is 1. The topological polar surface area (TPSA) is 59.3 Å². The van der Waals surface area contributed by atoms with Gasteiger partial charge in [-0.05, 0) is 50.2 Å². The highest BCUT2D eigenvalue weighted by molar-refractivity contribution is 8.13. The van der Waals surface area contributed by atoms with Gasteiger partial charge >= 0.3 is 7.12 Å². The average molecular weight is 349 g/mol. The SMILES string of the molecule is CC(=O)SCC(=Cc1csc(C#N)c1)B1OC(C)(C)C(C)(C)O1. The summed E-state index contributed by atoms with van der Waals surface area (Å²) in [7, 11) is -0.489. The summed E-state index contributed by atoms with van der Waals surface area (Å²) in [5.41, 5.74) is 0.973. The normalized spacial score (nSPS) is 19.7. The van der Waals surface area contributed by atoms with Gasteiger partial charge < -0.3 is 9.31 Å². The lowest BCUT2D eigenvalue weighted by atomic mass is 9.78. The van der Waals surface area contributed by atoms with Crippen LogP contribution in [0.4, 0.5) is 0 Å². The second-order valence-electron chi connectivity index (χ2n) is 6.44. The maximum atomic E-state index is 11.3. The number of carbonyl (C=O) groups excluding carboxylic acids is 1. The molecule has 0 radical (unpaired) electrons. The minimum absolute atomic E-state index is 0.0513. The fraction of sp³-hybridized carbons (Fsp3) is 0.500. The molecule has 1 aliphatic heterocycles. The summed E-state index contributed by atoms with van der Waals surface area (Å²) in [5.74, 6) is 0.504. The summed E-state index contributed by atoms with van der Waals surface area (Å²) >= 11 is 2.63. The van der Waals surface area contributed by atoms with Crippen molar-refractivity contribution in [3.05, 3.63) is 27.4 Å². The fourth-order valence-corrected chi connectivity index (χ4v) is 3.30. The minimum atomic E-state index is -0.489. The van der Waals surface area contributed by atoms with Crippen molar-refractivity contribution in [2.45, 2.75) is 45.8 Å². The van der Waals surface area contributed by atoms with Crippen LogP contribution in [0.15, 0.2) is 16.9 Å². The van der Waals surface area contributed by atoms with Crippen molar-refractivity contribution in [2.75, 3.05) is 5.75 Å². The summed E-state index contributed by atoms with van der Waals surface area (Å²) in [6.45, 7) is 9.55. The van der Waals surface area contributed by atoms with Gasteiger partial charge in [0.2, 0.25) is 0 Å². The first kappa shape index (κ1) is 18.3. The van der Waals surface area contributed by atoms with Crippen molar-refractivity contribution >= 4 is 41.4 Å². The number of thiophene rings is 1. The smallest absolute Gasteiger partial charge is 0.400 e. The first-order valence-electron chi connectivity index (χ1n) is 7.33. The second-order valence-corrected chi connectivity index (χ2v) is 8.51. The summed E-state index contributed by atoms with van der Waals surface area (Å²) in [5, 5.41) is 10.9. The Balaban J connectivity index is 2.28. The highest BCUT2D eigenvalue weighted by Crippen LogP contribution is 2.39. The summed E-state index contributed by atoms with van der Waals surface area (Å²) in [6, 6.07) is 3.96. The van der Waals surface area contributed by atoms with Crippen molar-refractivity contribution < 1.29 is 14.1 Å². The number of nitrogens with zero attached hydrogens (tertiary/aromatic N) is 1. The summed E-state index contributed by atoms with van der Waals surface area (Å²) in [4.78, 5) is 12.0. The number of carbonyl (C=O) groups is 1. The molecule has 2 heterocycles. The Kier molecular flexibility index (Phi) is 5.42. The molecule has 0 unspecified atom stereocenters. The number of rotatable bonds is 4. The lowest BCUT2D eigenvalue weighted by Gasteiger charge is -2.32. The van der Waals surface area contributed by atoms with Crippen LogP contribution in [0.1, 0.15) is 45.1 Å². The van der Waals surface area contributed by atoms with Crippen LogP contribution in [0, 0.1) is 11.3 Å². The van der Waals surface area contributed by atoms with Crippen molar-refractivity contribution in [3.63, 3.8) is 0 Å². The molecule has 0 amide bonds. The van der Waals surface area contributed by atoms with E-state index in [1.807, 2.05) is 45.2 Å². The number of hydrogen-bond donors (Lipinski definition) is 0. The van der Waals surface area contributed by atoms with Crippen LogP contribution in [0.3, 0.4) is 0 Å². The van der Waals surface area contributed by atoms with E-state index >= 15 is 0 Å². The molecule has 0 bridgehead atoms. The lowest BCUT2D eigenvalue weighted by molar-refractivity contribution is -0.109. The molecule has 0 aromatic carbocycles. The third-order valence-corrected chi connectivity index (χ3v) is 5.82. The van der Waals surface area contributed by atoms with Crippen LogP contribution in [0.25, 0.3) is 6.08 Å². The molecular formula is C16H20BNO3S2. The van der Waals surface area contributed by atoms with Gasteiger partial charge in [-0.3, -0.25) is 4.79 Å².